The molecule has 0 fully saturated rings. The van der Waals surface area contributed by atoms with Gasteiger partial charge in [0.15, 0.2) is 10.1 Å². The highest BCUT2D eigenvalue weighted by Gasteiger charge is 2.24. The Morgan fingerprint density at radius 3 is 2.61 bits per heavy atom. The van der Waals surface area contributed by atoms with Crippen LogP contribution < -0.4 is 9.80 Å². The molecule has 5 nitrogen and oxygen atoms in total. The van der Waals surface area contributed by atoms with E-state index in [1.807, 2.05) is 30.3 Å². The first-order chi connectivity index (χ1) is 13.5. The molecule has 144 valence electrons. The lowest BCUT2D eigenvalue weighted by Gasteiger charge is -2.19. The van der Waals surface area contributed by atoms with E-state index < -0.39 is 0 Å². The smallest absolute Gasteiger partial charge is 0.289 e. The second-order valence-electron chi connectivity index (χ2n) is 7.22. The molecule has 7 heteroatoms. The van der Waals surface area contributed by atoms with Crippen molar-refractivity contribution < 1.29 is 9.69 Å². The highest BCUT2D eigenvalue weighted by molar-refractivity contribution is 7.23. The Bertz CT molecular complexity index is 1100. The lowest BCUT2D eigenvalue weighted by Crippen LogP contribution is -3.05. The lowest BCUT2D eigenvalue weighted by molar-refractivity contribution is -0.858. The Kier molecular flexibility index (Phi) is 5.39. The number of para-hydroxylation sites is 1. The van der Waals surface area contributed by atoms with Crippen LogP contribution in [0.2, 0.25) is 0 Å². The van der Waals surface area contributed by atoms with Gasteiger partial charge in [-0.3, -0.25) is 9.69 Å². The summed E-state index contributed by atoms with van der Waals surface area (Å²) >= 11 is 3.02. The first kappa shape index (κ1) is 19.0. The van der Waals surface area contributed by atoms with Gasteiger partial charge < -0.3 is 4.90 Å². The second kappa shape index (κ2) is 7.95. The van der Waals surface area contributed by atoms with Gasteiger partial charge in [0, 0.05) is 13.0 Å². The van der Waals surface area contributed by atoms with Gasteiger partial charge >= 0.3 is 0 Å². The summed E-state index contributed by atoms with van der Waals surface area (Å²) in [4.78, 5) is 25.9. The third kappa shape index (κ3) is 3.92. The topological polar surface area (TPSA) is 50.5 Å². The van der Waals surface area contributed by atoms with Crippen LogP contribution in [0.25, 0.3) is 20.4 Å². The average Bonchev–Trinajstić information content (AvgIpc) is 3.27. The number of rotatable bonds is 6. The first-order valence-electron chi connectivity index (χ1n) is 9.35. The predicted molar refractivity (Wildman–Crippen MR) is 118 cm³/mol. The summed E-state index contributed by atoms with van der Waals surface area (Å²) in [7, 11) is 4.25. The highest BCUT2D eigenvalue weighted by atomic mass is 32.1. The maximum absolute atomic E-state index is 13.4. The van der Waals surface area contributed by atoms with E-state index in [4.69, 9.17) is 4.98 Å². The van der Waals surface area contributed by atoms with Gasteiger partial charge in [-0.15, -0.1) is 11.3 Å². The Morgan fingerprint density at radius 1 is 1.04 bits per heavy atom. The number of aryl methyl sites for hydroxylation is 1. The number of carbonyl (C=O) groups excluding carboxylic acids is 1. The van der Waals surface area contributed by atoms with E-state index in [0.717, 1.165) is 38.5 Å². The molecule has 4 rings (SSSR count). The molecule has 28 heavy (non-hydrogen) atoms. The average molecular weight is 412 g/mol. The van der Waals surface area contributed by atoms with E-state index in [9.17, 15) is 4.79 Å². The van der Waals surface area contributed by atoms with Gasteiger partial charge in [0.1, 0.15) is 0 Å². The number of anilines is 1. The predicted octanol–water partition coefficient (Wildman–Crippen LogP) is 3.40. The summed E-state index contributed by atoms with van der Waals surface area (Å²) in [6.07, 6.45) is 0.911. The number of benzene rings is 2. The van der Waals surface area contributed by atoms with Crippen molar-refractivity contribution in [3.63, 3.8) is 0 Å². The van der Waals surface area contributed by atoms with Crippen molar-refractivity contribution in [2.45, 2.75) is 13.3 Å². The molecule has 0 bridgehead atoms. The van der Waals surface area contributed by atoms with Crippen LogP contribution in [0.15, 0.2) is 42.5 Å². The van der Waals surface area contributed by atoms with E-state index in [-0.39, 0.29) is 5.91 Å². The largest absolute Gasteiger partial charge is 0.340 e. The van der Waals surface area contributed by atoms with Crippen LogP contribution >= 0.6 is 22.7 Å². The van der Waals surface area contributed by atoms with Crippen molar-refractivity contribution in [1.82, 2.24) is 9.97 Å². The number of hydrogen-bond acceptors (Lipinski definition) is 5. The molecule has 2 aromatic carbocycles. The molecule has 0 saturated carbocycles. The van der Waals surface area contributed by atoms with Gasteiger partial charge in [-0.1, -0.05) is 29.5 Å². The quantitative estimate of drug-likeness (QED) is 0.529. The van der Waals surface area contributed by atoms with Gasteiger partial charge in [0.2, 0.25) is 0 Å². The van der Waals surface area contributed by atoms with Crippen molar-refractivity contribution in [2.24, 2.45) is 0 Å². The molecule has 0 aliphatic rings. The van der Waals surface area contributed by atoms with Crippen molar-refractivity contribution in [3.05, 3.63) is 53.0 Å². The minimum atomic E-state index is -0.0641. The molecule has 0 unspecified atom stereocenters. The van der Waals surface area contributed by atoms with Crippen LogP contribution in [0, 0.1) is 6.92 Å². The Balaban J connectivity index is 1.69. The van der Waals surface area contributed by atoms with Crippen LogP contribution in [0.1, 0.15) is 21.8 Å². The highest BCUT2D eigenvalue weighted by Crippen LogP contribution is 2.31. The molecular weight excluding hydrogens is 388 g/mol. The fourth-order valence-corrected chi connectivity index (χ4v) is 5.09. The molecule has 0 aliphatic carbocycles. The molecule has 1 amide bonds. The van der Waals surface area contributed by atoms with Crippen molar-refractivity contribution in [2.75, 3.05) is 32.1 Å². The zero-order chi connectivity index (χ0) is 19.7. The van der Waals surface area contributed by atoms with E-state index in [1.165, 1.54) is 21.8 Å². The number of nitrogens with zero attached hydrogens (tertiary/aromatic N) is 3. The van der Waals surface area contributed by atoms with E-state index in [0.29, 0.717) is 11.6 Å². The number of thiazole rings is 2. The molecule has 2 heterocycles. The van der Waals surface area contributed by atoms with Crippen LogP contribution in [-0.4, -0.2) is 43.1 Å². The number of aromatic nitrogens is 2. The SMILES string of the molecule is Cc1ccc2nc(N(CCC[NH+](C)C)C(=O)c3nc4ccccc4s3)sc2c1. The summed E-state index contributed by atoms with van der Waals surface area (Å²) in [5.74, 6) is -0.0641. The van der Waals surface area contributed by atoms with E-state index >= 15 is 0 Å². The minimum absolute atomic E-state index is 0.0641. The van der Waals surface area contributed by atoms with Gasteiger partial charge in [-0.2, -0.15) is 0 Å². The molecule has 0 spiro atoms. The molecular formula is C21H23N4OS2+. The minimum Gasteiger partial charge on any atom is -0.340 e. The maximum Gasteiger partial charge on any atom is 0.289 e. The molecule has 0 aliphatic heterocycles. The number of hydrogen-bond donors (Lipinski definition) is 1. The third-order valence-electron chi connectivity index (χ3n) is 4.54. The van der Waals surface area contributed by atoms with Gasteiger partial charge in [0.05, 0.1) is 41.1 Å². The Labute approximate surface area is 172 Å². The standard InChI is InChI=1S/C21H22N4OS2/c1-14-9-10-16-18(13-14)28-21(23-16)25(12-6-11-24(2)3)20(26)19-22-15-7-4-5-8-17(15)27-19/h4-5,7-10,13H,6,11-12H2,1-3H3/p+1. The summed E-state index contributed by atoms with van der Waals surface area (Å²) in [6.45, 7) is 3.70. The number of quaternary nitrogens is 1. The van der Waals surface area contributed by atoms with Crippen molar-refractivity contribution in [1.29, 1.82) is 0 Å². The zero-order valence-electron chi connectivity index (χ0n) is 16.2. The molecule has 0 atom stereocenters. The first-order valence-corrected chi connectivity index (χ1v) is 11.0. The number of nitrogens with one attached hydrogen (secondary N) is 1. The summed E-state index contributed by atoms with van der Waals surface area (Å²) in [5.41, 5.74) is 3.00. The number of fused-ring (bicyclic) bond motifs is 2. The maximum atomic E-state index is 13.4. The molecule has 0 saturated heterocycles. The summed E-state index contributed by atoms with van der Waals surface area (Å²) in [6, 6.07) is 14.1. The van der Waals surface area contributed by atoms with Gasteiger partial charge in [-0.25, -0.2) is 9.97 Å². The number of amides is 1. The van der Waals surface area contributed by atoms with Gasteiger partial charge in [0.25, 0.3) is 5.91 Å². The third-order valence-corrected chi connectivity index (χ3v) is 6.61. The molecule has 2 aromatic heterocycles. The normalized spacial score (nSPS) is 11.6. The second-order valence-corrected chi connectivity index (χ2v) is 9.26. The van der Waals surface area contributed by atoms with Crippen LogP contribution in [0.3, 0.4) is 0 Å². The lowest BCUT2D eigenvalue weighted by atomic mass is 10.2. The van der Waals surface area contributed by atoms with Crippen LogP contribution in [0.5, 0.6) is 0 Å². The monoisotopic (exact) mass is 411 g/mol. The molecule has 1 N–H and O–H groups in total. The zero-order valence-corrected chi connectivity index (χ0v) is 17.9. The van der Waals surface area contributed by atoms with E-state index in [1.54, 1.807) is 16.2 Å². The number of carbonyl (C=O) groups is 1. The van der Waals surface area contributed by atoms with Crippen LogP contribution in [0.4, 0.5) is 5.13 Å². The Morgan fingerprint density at radius 2 is 1.82 bits per heavy atom. The van der Waals surface area contributed by atoms with Crippen molar-refractivity contribution >= 4 is 54.1 Å². The van der Waals surface area contributed by atoms with Crippen LogP contribution in [-0.2, 0) is 0 Å². The molecule has 0 radical (unpaired) electrons. The summed E-state index contributed by atoms with van der Waals surface area (Å²) < 4.78 is 2.14. The van der Waals surface area contributed by atoms with Gasteiger partial charge in [-0.05, 0) is 36.8 Å². The fourth-order valence-electron chi connectivity index (χ4n) is 3.09. The molecule has 4 aromatic rings. The van der Waals surface area contributed by atoms with Crippen molar-refractivity contribution in [3.8, 4) is 0 Å². The van der Waals surface area contributed by atoms with E-state index in [2.05, 4.69) is 38.1 Å². The Hall–Kier alpha value is -2.35. The fraction of sp³-hybridized carbons (Fsp3) is 0.286. The summed E-state index contributed by atoms with van der Waals surface area (Å²) in [5, 5.41) is 1.27.